The molecule has 0 saturated heterocycles. The van der Waals surface area contributed by atoms with Crippen LogP contribution in [0.25, 0.3) is 10.7 Å². The number of hydrogen-bond donors (Lipinski definition) is 2. The highest BCUT2D eigenvalue weighted by atomic mass is 32.1. The van der Waals surface area contributed by atoms with Crippen molar-refractivity contribution in [3.63, 3.8) is 0 Å². The fourth-order valence-electron chi connectivity index (χ4n) is 1.50. The summed E-state index contributed by atoms with van der Waals surface area (Å²) in [4.78, 5) is 15.9. The van der Waals surface area contributed by atoms with Crippen molar-refractivity contribution in [2.24, 2.45) is 5.41 Å². The van der Waals surface area contributed by atoms with Crippen LogP contribution in [-0.4, -0.2) is 34.2 Å². The molecule has 2 rings (SSSR count). The summed E-state index contributed by atoms with van der Waals surface area (Å²) in [5.41, 5.74) is 0.443. The van der Waals surface area contributed by atoms with E-state index in [1.54, 1.807) is 6.20 Å². The third-order valence-electron chi connectivity index (χ3n) is 2.68. The number of carbonyl (C=O) groups is 1. The molecule has 0 bridgehead atoms. The maximum absolute atomic E-state index is 11.7. The van der Waals surface area contributed by atoms with Gasteiger partial charge >= 0.3 is 0 Å². The lowest BCUT2D eigenvalue weighted by molar-refractivity contribution is -0.128. The quantitative estimate of drug-likeness (QED) is 0.828. The molecular formula is C14H19N5OS. The molecule has 2 heterocycles. The molecule has 0 saturated carbocycles. The number of nitrogens with zero attached hydrogens (tertiary/aromatic N) is 3. The molecule has 6 nitrogen and oxygen atoms in total. The molecule has 0 aliphatic carbocycles. The first-order chi connectivity index (χ1) is 9.97. The molecule has 2 aromatic heterocycles. The number of amides is 1. The Bertz CT molecular complexity index is 591. The van der Waals surface area contributed by atoms with Crippen LogP contribution in [0.15, 0.2) is 24.4 Å². The molecule has 0 aliphatic heterocycles. The van der Waals surface area contributed by atoms with Crippen LogP contribution in [0.1, 0.15) is 20.8 Å². The molecular weight excluding hydrogens is 286 g/mol. The number of nitrogens with one attached hydrogen (secondary N) is 2. The molecule has 112 valence electrons. The molecule has 21 heavy (non-hydrogen) atoms. The van der Waals surface area contributed by atoms with Crippen LogP contribution >= 0.6 is 11.3 Å². The lowest BCUT2D eigenvalue weighted by Crippen LogP contribution is -2.37. The van der Waals surface area contributed by atoms with E-state index in [9.17, 15) is 4.79 Å². The molecule has 0 radical (unpaired) electrons. The molecule has 0 spiro atoms. The zero-order valence-electron chi connectivity index (χ0n) is 12.4. The molecule has 0 fully saturated rings. The van der Waals surface area contributed by atoms with Crippen molar-refractivity contribution in [1.82, 2.24) is 20.5 Å². The van der Waals surface area contributed by atoms with E-state index in [1.165, 1.54) is 11.3 Å². The minimum absolute atomic E-state index is 0.0377. The first-order valence-corrected chi connectivity index (χ1v) is 7.55. The van der Waals surface area contributed by atoms with Gasteiger partial charge in [0.2, 0.25) is 11.0 Å². The Hall–Kier alpha value is -2.02. The summed E-state index contributed by atoms with van der Waals surface area (Å²) >= 11 is 1.44. The second-order valence-electron chi connectivity index (χ2n) is 5.56. The van der Waals surface area contributed by atoms with E-state index in [0.717, 1.165) is 15.8 Å². The molecule has 0 aromatic carbocycles. The van der Waals surface area contributed by atoms with Crippen molar-refractivity contribution < 1.29 is 4.79 Å². The number of aromatic nitrogens is 3. The minimum atomic E-state index is -0.366. The van der Waals surface area contributed by atoms with Gasteiger partial charge in [-0.25, -0.2) is 0 Å². The van der Waals surface area contributed by atoms with E-state index >= 15 is 0 Å². The summed E-state index contributed by atoms with van der Waals surface area (Å²) in [6.45, 7) is 6.83. The molecule has 2 N–H and O–H groups in total. The van der Waals surface area contributed by atoms with Gasteiger partial charge in [-0.05, 0) is 12.1 Å². The second kappa shape index (κ2) is 6.62. The molecule has 2 aromatic rings. The normalized spacial score (nSPS) is 11.2. The molecule has 1 amide bonds. The predicted molar refractivity (Wildman–Crippen MR) is 84.1 cm³/mol. The summed E-state index contributed by atoms with van der Waals surface area (Å²) in [5.74, 6) is 0.0377. The van der Waals surface area contributed by atoms with E-state index in [4.69, 9.17) is 0 Å². The number of carbonyl (C=O) groups excluding carboxylic acids is 1. The largest absolute Gasteiger partial charge is 0.358 e. The second-order valence-corrected chi connectivity index (χ2v) is 6.54. The first-order valence-electron chi connectivity index (χ1n) is 6.74. The molecule has 0 unspecified atom stereocenters. The van der Waals surface area contributed by atoms with E-state index in [2.05, 4.69) is 25.8 Å². The first kappa shape index (κ1) is 15.4. The topological polar surface area (TPSA) is 79.8 Å². The Morgan fingerprint density at radius 1 is 1.24 bits per heavy atom. The number of anilines is 1. The lowest BCUT2D eigenvalue weighted by Gasteiger charge is -2.17. The van der Waals surface area contributed by atoms with E-state index in [0.29, 0.717) is 13.1 Å². The van der Waals surface area contributed by atoms with Gasteiger partial charge in [0, 0.05) is 24.7 Å². The van der Waals surface area contributed by atoms with Crippen LogP contribution < -0.4 is 10.6 Å². The minimum Gasteiger partial charge on any atom is -0.358 e. The fourth-order valence-corrected chi connectivity index (χ4v) is 2.24. The highest BCUT2D eigenvalue weighted by Gasteiger charge is 2.20. The standard InChI is InChI=1S/C14H19N5OS/c1-14(2,3)12(20)16-8-9-17-13-19-18-11(21-13)10-6-4-5-7-15-10/h4-7H,8-9H2,1-3H3,(H,16,20)(H,17,19). The van der Waals surface area contributed by atoms with E-state index in [1.807, 2.05) is 39.0 Å². The van der Waals surface area contributed by atoms with Gasteiger partial charge in [0.15, 0.2) is 5.01 Å². The smallest absolute Gasteiger partial charge is 0.225 e. The maximum atomic E-state index is 11.7. The predicted octanol–water partition coefficient (Wildman–Crippen LogP) is 2.17. The average Bonchev–Trinajstić information content (AvgIpc) is 2.92. The number of rotatable bonds is 5. The van der Waals surface area contributed by atoms with Crippen molar-refractivity contribution in [3.05, 3.63) is 24.4 Å². The third kappa shape index (κ3) is 4.49. The molecule has 7 heteroatoms. The summed E-state index contributed by atoms with van der Waals surface area (Å²) < 4.78 is 0. The van der Waals surface area contributed by atoms with E-state index < -0.39 is 0 Å². The Morgan fingerprint density at radius 2 is 2.05 bits per heavy atom. The Balaban J connectivity index is 1.80. The Kier molecular flexibility index (Phi) is 4.85. The highest BCUT2D eigenvalue weighted by molar-refractivity contribution is 7.18. The van der Waals surface area contributed by atoms with Gasteiger partial charge in [0.25, 0.3) is 0 Å². The Labute approximate surface area is 128 Å². The van der Waals surface area contributed by atoms with Crippen LogP contribution in [0.3, 0.4) is 0 Å². The van der Waals surface area contributed by atoms with Crippen molar-refractivity contribution in [2.45, 2.75) is 20.8 Å². The van der Waals surface area contributed by atoms with Gasteiger partial charge < -0.3 is 10.6 Å². The molecule has 0 atom stereocenters. The van der Waals surface area contributed by atoms with E-state index in [-0.39, 0.29) is 11.3 Å². The van der Waals surface area contributed by atoms with Crippen molar-refractivity contribution in [1.29, 1.82) is 0 Å². The fraction of sp³-hybridized carbons (Fsp3) is 0.429. The van der Waals surface area contributed by atoms with Crippen LogP contribution in [0, 0.1) is 5.41 Å². The van der Waals surface area contributed by atoms with Gasteiger partial charge in [-0.2, -0.15) is 0 Å². The van der Waals surface area contributed by atoms with Crippen LogP contribution in [0.4, 0.5) is 5.13 Å². The van der Waals surface area contributed by atoms with Gasteiger partial charge in [-0.15, -0.1) is 10.2 Å². The van der Waals surface area contributed by atoms with Crippen molar-refractivity contribution >= 4 is 22.4 Å². The SMILES string of the molecule is CC(C)(C)C(=O)NCCNc1nnc(-c2ccccn2)s1. The van der Waals surface area contributed by atoms with Crippen LogP contribution in [0.5, 0.6) is 0 Å². The van der Waals surface area contributed by atoms with Gasteiger partial charge in [0.05, 0.1) is 0 Å². The van der Waals surface area contributed by atoms with Crippen molar-refractivity contribution in [3.8, 4) is 10.7 Å². The molecule has 0 aliphatic rings. The van der Waals surface area contributed by atoms with Gasteiger partial charge in [0.1, 0.15) is 5.69 Å². The van der Waals surface area contributed by atoms with Gasteiger partial charge in [-0.1, -0.05) is 38.2 Å². The highest BCUT2D eigenvalue weighted by Crippen LogP contribution is 2.23. The van der Waals surface area contributed by atoms with Crippen LogP contribution in [-0.2, 0) is 4.79 Å². The number of hydrogen-bond acceptors (Lipinski definition) is 6. The maximum Gasteiger partial charge on any atom is 0.225 e. The zero-order valence-corrected chi connectivity index (χ0v) is 13.2. The Morgan fingerprint density at radius 3 is 2.71 bits per heavy atom. The number of pyridine rings is 1. The summed E-state index contributed by atoms with van der Waals surface area (Å²) in [5, 5.41) is 15.7. The lowest BCUT2D eigenvalue weighted by atomic mass is 9.96. The zero-order chi connectivity index (χ0) is 15.3. The van der Waals surface area contributed by atoms with Crippen LogP contribution in [0.2, 0.25) is 0 Å². The van der Waals surface area contributed by atoms with Crippen molar-refractivity contribution in [2.75, 3.05) is 18.4 Å². The van der Waals surface area contributed by atoms with Gasteiger partial charge in [-0.3, -0.25) is 9.78 Å². The summed E-state index contributed by atoms with van der Waals surface area (Å²) in [7, 11) is 0. The summed E-state index contributed by atoms with van der Waals surface area (Å²) in [6, 6.07) is 5.67. The average molecular weight is 305 g/mol. The third-order valence-corrected chi connectivity index (χ3v) is 3.58. The monoisotopic (exact) mass is 305 g/mol. The summed E-state index contributed by atoms with van der Waals surface area (Å²) in [6.07, 6.45) is 1.73.